The van der Waals surface area contributed by atoms with Crippen molar-refractivity contribution >= 4 is 5.91 Å². The number of nitriles is 1. The quantitative estimate of drug-likeness (QED) is 0.916. The third kappa shape index (κ3) is 3.68. The number of amides is 1. The molecule has 0 saturated heterocycles. The van der Waals surface area contributed by atoms with E-state index in [1.165, 1.54) is 7.11 Å². The van der Waals surface area contributed by atoms with Crippen LogP contribution in [0.5, 0.6) is 0 Å². The maximum Gasteiger partial charge on any atom is 0.255 e. The molecular formula is C17H16N2O2. The molecule has 0 aliphatic rings. The first-order valence-corrected chi connectivity index (χ1v) is 6.59. The third-order valence-electron chi connectivity index (χ3n) is 3.12. The molecule has 2 aromatic rings. The van der Waals surface area contributed by atoms with Gasteiger partial charge in [-0.1, -0.05) is 60.7 Å². The second-order valence-corrected chi connectivity index (χ2v) is 4.51. The van der Waals surface area contributed by atoms with Crippen molar-refractivity contribution in [3.05, 3.63) is 71.8 Å². The van der Waals surface area contributed by atoms with Gasteiger partial charge in [0.2, 0.25) is 0 Å². The van der Waals surface area contributed by atoms with Gasteiger partial charge in [-0.05, 0) is 11.1 Å². The summed E-state index contributed by atoms with van der Waals surface area (Å²) in [7, 11) is 1.47. The van der Waals surface area contributed by atoms with E-state index in [-0.39, 0.29) is 5.91 Å². The van der Waals surface area contributed by atoms with Crippen LogP contribution in [0.2, 0.25) is 0 Å². The van der Waals surface area contributed by atoms with Crippen molar-refractivity contribution in [2.24, 2.45) is 0 Å². The minimum atomic E-state index is -0.731. The molecule has 0 radical (unpaired) electrons. The lowest BCUT2D eigenvalue weighted by Crippen LogP contribution is -2.33. The molecule has 0 saturated carbocycles. The van der Waals surface area contributed by atoms with E-state index >= 15 is 0 Å². The number of benzene rings is 2. The maximum atomic E-state index is 12.3. The number of carbonyl (C=O) groups excluding carboxylic acids is 1. The topological polar surface area (TPSA) is 62.1 Å². The van der Waals surface area contributed by atoms with Crippen LogP contribution in [-0.2, 0) is 9.53 Å². The maximum absolute atomic E-state index is 12.3. The SMILES string of the molecule is COC(C(=O)NC(C#N)c1ccccc1)c1ccccc1. The largest absolute Gasteiger partial charge is 0.367 e. The Kier molecular flexibility index (Phi) is 5.08. The standard InChI is InChI=1S/C17H16N2O2/c1-21-16(14-10-6-3-7-11-14)17(20)19-15(12-18)13-8-4-2-5-9-13/h2-11,15-16H,1H3,(H,19,20). The van der Waals surface area contributed by atoms with Gasteiger partial charge < -0.3 is 10.1 Å². The summed E-state index contributed by atoms with van der Waals surface area (Å²) in [4.78, 5) is 12.3. The molecule has 1 N–H and O–H groups in total. The van der Waals surface area contributed by atoms with Gasteiger partial charge in [-0.2, -0.15) is 5.26 Å². The average molecular weight is 280 g/mol. The van der Waals surface area contributed by atoms with E-state index in [9.17, 15) is 10.1 Å². The van der Waals surface area contributed by atoms with Gasteiger partial charge in [-0.25, -0.2) is 0 Å². The van der Waals surface area contributed by atoms with Crippen LogP contribution in [0.25, 0.3) is 0 Å². The number of nitrogens with zero attached hydrogens (tertiary/aromatic N) is 1. The molecule has 0 fully saturated rings. The molecule has 2 unspecified atom stereocenters. The fourth-order valence-electron chi connectivity index (χ4n) is 2.08. The summed E-state index contributed by atoms with van der Waals surface area (Å²) in [6.07, 6.45) is -0.731. The van der Waals surface area contributed by atoms with Crippen LogP contribution < -0.4 is 5.32 Å². The zero-order chi connectivity index (χ0) is 15.1. The molecule has 0 heterocycles. The van der Waals surface area contributed by atoms with Crippen molar-refractivity contribution in [3.8, 4) is 6.07 Å². The molecule has 4 heteroatoms. The van der Waals surface area contributed by atoms with Gasteiger partial charge in [-0.3, -0.25) is 4.79 Å². The first kappa shape index (κ1) is 14.8. The number of hydrogen-bond acceptors (Lipinski definition) is 3. The molecule has 0 bridgehead atoms. The first-order chi connectivity index (χ1) is 10.3. The lowest BCUT2D eigenvalue weighted by Gasteiger charge is -2.18. The van der Waals surface area contributed by atoms with E-state index in [4.69, 9.17) is 4.74 Å². The second kappa shape index (κ2) is 7.22. The zero-order valence-electron chi connectivity index (χ0n) is 11.7. The smallest absolute Gasteiger partial charge is 0.255 e. The van der Waals surface area contributed by atoms with Crippen LogP contribution in [0.1, 0.15) is 23.3 Å². The fraction of sp³-hybridized carbons (Fsp3) is 0.176. The minimum Gasteiger partial charge on any atom is -0.367 e. The molecule has 2 rings (SSSR count). The normalized spacial score (nSPS) is 13.0. The summed E-state index contributed by atoms with van der Waals surface area (Å²) in [5, 5.41) is 12.0. The van der Waals surface area contributed by atoms with Crippen molar-refractivity contribution in [2.45, 2.75) is 12.1 Å². The lowest BCUT2D eigenvalue weighted by molar-refractivity contribution is -0.131. The van der Waals surface area contributed by atoms with Crippen molar-refractivity contribution in [1.82, 2.24) is 5.32 Å². The number of ether oxygens (including phenoxy) is 1. The Balaban J connectivity index is 2.14. The first-order valence-electron chi connectivity index (χ1n) is 6.59. The number of hydrogen-bond donors (Lipinski definition) is 1. The van der Waals surface area contributed by atoms with Gasteiger partial charge in [0.05, 0.1) is 6.07 Å². The molecule has 0 aliphatic heterocycles. The van der Waals surface area contributed by atoms with Crippen LogP contribution in [-0.4, -0.2) is 13.0 Å². The Bertz CT molecular complexity index is 620. The van der Waals surface area contributed by atoms with E-state index in [1.54, 1.807) is 12.1 Å². The highest BCUT2D eigenvalue weighted by molar-refractivity contribution is 5.82. The molecule has 21 heavy (non-hydrogen) atoms. The van der Waals surface area contributed by atoms with Gasteiger partial charge in [0, 0.05) is 7.11 Å². The van der Waals surface area contributed by atoms with Crippen LogP contribution in [0.3, 0.4) is 0 Å². The van der Waals surface area contributed by atoms with E-state index in [0.717, 1.165) is 11.1 Å². The monoisotopic (exact) mass is 280 g/mol. The van der Waals surface area contributed by atoms with Crippen molar-refractivity contribution < 1.29 is 9.53 Å². The van der Waals surface area contributed by atoms with Crippen molar-refractivity contribution in [2.75, 3.05) is 7.11 Å². The van der Waals surface area contributed by atoms with Gasteiger partial charge in [0.1, 0.15) is 6.04 Å². The fourth-order valence-corrected chi connectivity index (χ4v) is 2.08. The van der Waals surface area contributed by atoms with Crippen LogP contribution >= 0.6 is 0 Å². The van der Waals surface area contributed by atoms with Gasteiger partial charge >= 0.3 is 0 Å². The summed E-state index contributed by atoms with van der Waals surface area (Å²) in [6, 6.07) is 19.7. The average Bonchev–Trinajstić information content (AvgIpc) is 2.55. The summed E-state index contributed by atoms with van der Waals surface area (Å²) in [5.74, 6) is -0.334. The molecule has 4 nitrogen and oxygen atoms in total. The predicted molar refractivity (Wildman–Crippen MR) is 79.1 cm³/mol. The highest BCUT2D eigenvalue weighted by Crippen LogP contribution is 2.19. The van der Waals surface area contributed by atoms with Gasteiger partial charge in [0.25, 0.3) is 5.91 Å². The summed E-state index contributed by atoms with van der Waals surface area (Å²) < 4.78 is 5.26. The molecule has 106 valence electrons. The highest BCUT2D eigenvalue weighted by Gasteiger charge is 2.23. The number of methoxy groups -OCH3 is 1. The molecule has 0 aromatic heterocycles. The molecular weight excluding hydrogens is 264 g/mol. The van der Waals surface area contributed by atoms with E-state index in [1.807, 2.05) is 48.5 Å². The van der Waals surface area contributed by atoms with Crippen LogP contribution in [0.4, 0.5) is 0 Å². The minimum absolute atomic E-state index is 0.334. The molecule has 0 spiro atoms. The molecule has 2 atom stereocenters. The summed E-state index contributed by atoms with van der Waals surface area (Å²) in [6.45, 7) is 0. The Morgan fingerprint density at radius 2 is 1.57 bits per heavy atom. The second-order valence-electron chi connectivity index (χ2n) is 4.51. The van der Waals surface area contributed by atoms with E-state index < -0.39 is 12.1 Å². The van der Waals surface area contributed by atoms with Gasteiger partial charge in [0.15, 0.2) is 6.10 Å². The van der Waals surface area contributed by atoms with E-state index in [0.29, 0.717) is 0 Å². The van der Waals surface area contributed by atoms with Crippen LogP contribution in [0.15, 0.2) is 60.7 Å². The zero-order valence-corrected chi connectivity index (χ0v) is 11.7. The lowest BCUT2D eigenvalue weighted by atomic mass is 10.1. The van der Waals surface area contributed by atoms with Crippen molar-refractivity contribution in [3.63, 3.8) is 0 Å². The van der Waals surface area contributed by atoms with Crippen molar-refractivity contribution in [1.29, 1.82) is 5.26 Å². The van der Waals surface area contributed by atoms with Crippen LogP contribution in [0, 0.1) is 11.3 Å². The van der Waals surface area contributed by atoms with Gasteiger partial charge in [-0.15, -0.1) is 0 Å². The number of carbonyl (C=O) groups is 1. The van der Waals surface area contributed by atoms with E-state index in [2.05, 4.69) is 11.4 Å². The Morgan fingerprint density at radius 3 is 2.05 bits per heavy atom. The molecule has 0 aliphatic carbocycles. The molecule has 2 aromatic carbocycles. The Morgan fingerprint density at radius 1 is 1.05 bits per heavy atom. The number of nitrogens with one attached hydrogen (secondary N) is 1. The Labute approximate surface area is 124 Å². The Hall–Kier alpha value is -2.64. The third-order valence-corrected chi connectivity index (χ3v) is 3.12. The predicted octanol–water partition coefficient (Wildman–Crippen LogP) is 2.76. The number of rotatable bonds is 5. The highest BCUT2D eigenvalue weighted by atomic mass is 16.5. The summed E-state index contributed by atoms with van der Waals surface area (Å²) >= 11 is 0. The molecule has 1 amide bonds. The summed E-state index contributed by atoms with van der Waals surface area (Å²) in [5.41, 5.74) is 1.50.